The highest BCUT2D eigenvalue weighted by Crippen LogP contribution is 2.37. The molecule has 2 atom stereocenters. The summed E-state index contributed by atoms with van der Waals surface area (Å²) in [6.45, 7) is 4.22. The van der Waals surface area contributed by atoms with E-state index in [1.54, 1.807) is 0 Å². The first-order valence-electron chi connectivity index (χ1n) is 9.30. The molecule has 0 bridgehead atoms. The summed E-state index contributed by atoms with van der Waals surface area (Å²) in [6.07, 6.45) is 6.47. The van der Waals surface area contributed by atoms with Crippen LogP contribution in [0.15, 0.2) is 48.7 Å². The highest BCUT2D eigenvalue weighted by molar-refractivity contribution is 5.95. The van der Waals surface area contributed by atoms with E-state index in [1.807, 2.05) is 35.4 Å². The van der Waals surface area contributed by atoms with E-state index in [4.69, 9.17) is 0 Å². The van der Waals surface area contributed by atoms with Crippen molar-refractivity contribution in [2.45, 2.75) is 57.7 Å². The zero-order valence-corrected chi connectivity index (χ0v) is 14.9. The Morgan fingerprint density at radius 2 is 1.68 bits per heavy atom. The average molecular weight is 335 g/mol. The topological polar surface area (TPSA) is 36.4 Å². The average Bonchev–Trinajstić information content (AvgIpc) is 2.94. The van der Waals surface area contributed by atoms with Crippen LogP contribution in [0.4, 0.5) is 10.6 Å². The first-order chi connectivity index (χ1) is 12.2. The third-order valence-corrected chi connectivity index (χ3v) is 5.47. The van der Waals surface area contributed by atoms with E-state index in [9.17, 15) is 4.79 Å². The van der Waals surface area contributed by atoms with E-state index in [1.165, 1.54) is 12.8 Å². The van der Waals surface area contributed by atoms with Gasteiger partial charge in [-0.05, 0) is 44.4 Å². The van der Waals surface area contributed by atoms with Crippen LogP contribution in [-0.4, -0.2) is 34.0 Å². The minimum Gasteiger partial charge on any atom is -0.317 e. The van der Waals surface area contributed by atoms with Crippen LogP contribution in [0, 0.1) is 0 Å². The van der Waals surface area contributed by atoms with Crippen LogP contribution in [-0.2, 0) is 0 Å². The molecule has 1 saturated carbocycles. The SMILES string of the molecule is CC(C)N1C(=O)N(c2ccc(-c3ccccc3)cn2)C2CCCCC21. The second-order valence-electron chi connectivity index (χ2n) is 7.34. The number of carbonyl (C=O) groups is 1. The number of rotatable bonds is 3. The van der Waals surface area contributed by atoms with Gasteiger partial charge in [-0.15, -0.1) is 0 Å². The van der Waals surface area contributed by atoms with Crippen LogP contribution >= 0.6 is 0 Å². The molecule has 2 aliphatic rings. The minimum absolute atomic E-state index is 0.117. The van der Waals surface area contributed by atoms with Gasteiger partial charge in [0, 0.05) is 17.8 Å². The summed E-state index contributed by atoms with van der Waals surface area (Å²) in [4.78, 5) is 21.7. The normalized spacial score (nSPS) is 23.2. The summed E-state index contributed by atoms with van der Waals surface area (Å²) in [7, 11) is 0. The number of pyridine rings is 1. The maximum absolute atomic E-state index is 13.1. The maximum Gasteiger partial charge on any atom is 0.326 e. The fourth-order valence-corrected chi connectivity index (χ4v) is 4.33. The van der Waals surface area contributed by atoms with Gasteiger partial charge in [-0.1, -0.05) is 43.2 Å². The molecule has 2 unspecified atom stereocenters. The van der Waals surface area contributed by atoms with E-state index in [-0.39, 0.29) is 18.1 Å². The molecule has 1 aromatic carbocycles. The Hall–Kier alpha value is -2.36. The van der Waals surface area contributed by atoms with Crippen LogP contribution in [0.3, 0.4) is 0 Å². The zero-order valence-electron chi connectivity index (χ0n) is 14.9. The van der Waals surface area contributed by atoms with Gasteiger partial charge < -0.3 is 4.90 Å². The van der Waals surface area contributed by atoms with Gasteiger partial charge in [0.2, 0.25) is 0 Å². The van der Waals surface area contributed by atoms with Crippen LogP contribution in [0.2, 0.25) is 0 Å². The van der Waals surface area contributed by atoms with Gasteiger partial charge in [0.25, 0.3) is 0 Å². The lowest BCUT2D eigenvalue weighted by Crippen LogP contribution is -2.42. The van der Waals surface area contributed by atoms with Gasteiger partial charge in [0.1, 0.15) is 5.82 Å². The van der Waals surface area contributed by atoms with Crippen molar-refractivity contribution in [3.63, 3.8) is 0 Å². The van der Waals surface area contributed by atoms with Gasteiger partial charge in [-0.2, -0.15) is 0 Å². The van der Waals surface area contributed by atoms with E-state index >= 15 is 0 Å². The van der Waals surface area contributed by atoms with E-state index < -0.39 is 0 Å². The van der Waals surface area contributed by atoms with Crippen LogP contribution in [0.5, 0.6) is 0 Å². The minimum atomic E-state index is 0.117. The number of amides is 2. The first kappa shape index (κ1) is 16.1. The van der Waals surface area contributed by atoms with Crippen LogP contribution in [0.1, 0.15) is 39.5 Å². The van der Waals surface area contributed by atoms with E-state index in [0.717, 1.165) is 29.8 Å². The molecule has 1 saturated heterocycles. The molecular formula is C21H25N3O. The van der Waals surface area contributed by atoms with E-state index in [2.05, 4.69) is 41.9 Å². The van der Waals surface area contributed by atoms with Crippen molar-refractivity contribution >= 4 is 11.8 Å². The molecule has 1 aliphatic carbocycles. The van der Waals surface area contributed by atoms with E-state index in [0.29, 0.717) is 6.04 Å². The Labute approximate surface area is 149 Å². The third kappa shape index (κ3) is 2.80. The number of hydrogen-bond acceptors (Lipinski definition) is 2. The lowest BCUT2D eigenvalue weighted by Gasteiger charge is -2.33. The number of anilines is 1. The third-order valence-electron chi connectivity index (χ3n) is 5.47. The largest absolute Gasteiger partial charge is 0.326 e. The summed E-state index contributed by atoms with van der Waals surface area (Å²) in [5.74, 6) is 0.782. The Balaban J connectivity index is 1.65. The Morgan fingerprint density at radius 3 is 2.32 bits per heavy atom. The summed E-state index contributed by atoms with van der Waals surface area (Å²) < 4.78 is 0. The van der Waals surface area contributed by atoms with Gasteiger partial charge in [0.15, 0.2) is 0 Å². The number of aromatic nitrogens is 1. The molecule has 130 valence electrons. The fraction of sp³-hybridized carbons (Fsp3) is 0.429. The van der Waals surface area contributed by atoms with Crippen molar-refractivity contribution in [2.24, 2.45) is 0 Å². The summed E-state index contributed by atoms with van der Waals surface area (Å²) in [5, 5.41) is 0. The van der Waals surface area contributed by atoms with Crippen molar-refractivity contribution in [2.75, 3.05) is 4.90 Å². The highest BCUT2D eigenvalue weighted by atomic mass is 16.2. The van der Waals surface area contributed by atoms with Gasteiger partial charge >= 0.3 is 6.03 Å². The summed E-state index contributed by atoms with van der Waals surface area (Å²) in [6, 6.07) is 15.2. The van der Waals surface area contributed by atoms with Crippen molar-refractivity contribution in [3.05, 3.63) is 48.7 Å². The van der Waals surface area contributed by atoms with Crippen LogP contribution < -0.4 is 4.90 Å². The first-order valence-corrected chi connectivity index (χ1v) is 9.30. The molecular weight excluding hydrogens is 310 g/mol. The number of carbonyl (C=O) groups excluding carboxylic acids is 1. The van der Waals surface area contributed by atoms with Crippen molar-refractivity contribution in [3.8, 4) is 11.1 Å². The van der Waals surface area contributed by atoms with Crippen molar-refractivity contribution < 1.29 is 4.79 Å². The molecule has 4 heteroatoms. The fourth-order valence-electron chi connectivity index (χ4n) is 4.33. The molecule has 0 radical (unpaired) electrons. The predicted octanol–water partition coefficient (Wildman–Crippen LogP) is 4.71. The molecule has 4 nitrogen and oxygen atoms in total. The lowest BCUT2D eigenvalue weighted by atomic mass is 9.90. The van der Waals surface area contributed by atoms with Crippen molar-refractivity contribution in [1.29, 1.82) is 0 Å². The molecule has 1 aromatic heterocycles. The highest BCUT2D eigenvalue weighted by Gasteiger charge is 2.48. The number of benzene rings is 1. The van der Waals surface area contributed by atoms with Gasteiger partial charge in [0.05, 0.1) is 12.1 Å². The molecule has 2 amide bonds. The van der Waals surface area contributed by atoms with Gasteiger partial charge in [-0.25, -0.2) is 9.78 Å². The monoisotopic (exact) mass is 335 g/mol. The molecule has 1 aliphatic heterocycles. The Bertz CT molecular complexity index is 741. The second kappa shape index (κ2) is 6.51. The number of urea groups is 1. The molecule has 2 fully saturated rings. The molecule has 25 heavy (non-hydrogen) atoms. The van der Waals surface area contributed by atoms with Crippen LogP contribution in [0.25, 0.3) is 11.1 Å². The standard InChI is InChI=1S/C21H25N3O/c1-15(2)23-18-10-6-7-11-19(18)24(21(23)25)20-13-12-17(14-22-20)16-8-4-3-5-9-16/h3-5,8-9,12-15,18-19H,6-7,10-11H2,1-2H3. The predicted molar refractivity (Wildman–Crippen MR) is 101 cm³/mol. The van der Waals surface area contributed by atoms with Crippen molar-refractivity contribution in [1.82, 2.24) is 9.88 Å². The Kier molecular flexibility index (Phi) is 4.20. The molecule has 2 heterocycles. The zero-order chi connectivity index (χ0) is 17.4. The quantitative estimate of drug-likeness (QED) is 0.814. The second-order valence-corrected chi connectivity index (χ2v) is 7.34. The Morgan fingerprint density at radius 1 is 0.960 bits per heavy atom. The number of fused-ring (bicyclic) bond motifs is 1. The summed E-state index contributed by atoms with van der Waals surface area (Å²) >= 11 is 0. The molecule has 0 N–H and O–H groups in total. The molecule has 0 spiro atoms. The smallest absolute Gasteiger partial charge is 0.317 e. The number of hydrogen-bond donors (Lipinski definition) is 0. The number of nitrogens with zero attached hydrogens (tertiary/aromatic N) is 3. The van der Waals surface area contributed by atoms with Gasteiger partial charge in [-0.3, -0.25) is 4.90 Å². The molecule has 4 rings (SSSR count). The summed E-state index contributed by atoms with van der Waals surface area (Å²) in [5.41, 5.74) is 2.23. The maximum atomic E-state index is 13.1. The molecule has 2 aromatic rings. The lowest BCUT2D eigenvalue weighted by molar-refractivity contribution is 0.169.